The summed E-state index contributed by atoms with van der Waals surface area (Å²) in [5.41, 5.74) is -1.45. The van der Waals surface area contributed by atoms with Crippen LogP contribution in [0.2, 0.25) is 0 Å². The molecule has 0 saturated heterocycles. The topological polar surface area (TPSA) is 83.5 Å². The van der Waals surface area contributed by atoms with Gasteiger partial charge in [0.2, 0.25) is 10.3 Å². The minimum atomic E-state index is -2.49. The highest BCUT2D eigenvalue weighted by atomic mass is 32.2. The molecule has 0 aromatic rings. The number of nitrogens with one attached hydrogen (secondary N) is 1. The molecule has 0 fully saturated rings. The maximum absolute atomic E-state index is 11.5. The summed E-state index contributed by atoms with van der Waals surface area (Å²) in [6.07, 6.45) is 7.28. The van der Waals surface area contributed by atoms with Crippen LogP contribution in [0.3, 0.4) is 0 Å². The number of unbranched alkanes of at least 4 members (excludes halogenated alkanes) is 5. The quantitative estimate of drug-likeness (QED) is 0.427. The molecule has 20 heavy (non-hydrogen) atoms. The molecule has 0 aliphatic heterocycles. The zero-order valence-corrected chi connectivity index (χ0v) is 13.3. The fraction of sp³-hybridized carbons (Fsp3) is 0.857. The van der Waals surface area contributed by atoms with Crippen LogP contribution in [-0.4, -0.2) is 36.9 Å². The van der Waals surface area contributed by atoms with E-state index in [1.54, 1.807) is 0 Å². The minimum Gasteiger partial charge on any atom is -0.480 e. The highest BCUT2D eigenvalue weighted by Gasteiger charge is 2.36. The fourth-order valence-corrected chi connectivity index (χ4v) is 2.75. The third-order valence-electron chi connectivity index (χ3n) is 3.29. The number of carbonyl (C=O) groups is 1. The predicted octanol–water partition coefficient (Wildman–Crippen LogP) is 2.24. The van der Waals surface area contributed by atoms with Gasteiger partial charge >= 0.3 is 5.97 Å². The van der Waals surface area contributed by atoms with Crippen LogP contribution in [0, 0.1) is 0 Å². The molecule has 6 heteroatoms. The normalized spacial score (nSPS) is 13.7. The molecule has 0 rings (SSSR count). The number of carboxylic acid groups (broad SMARTS) is 1. The minimum absolute atomic E-state index is 0.308. The summed E-state index contributed by atoms with van der Waals surface area (Å²) in [7, 11) is -2.49. The maximum atomic E-state index is 11.5. The van der Waals surface area contributed by atoms with Gasteiger partial charge in [-0.15, -0.1) is 0 Å². The monoisotopic (exact) mass is 305 g/mol. The average Bonchev–Trinajstić information content (AvgIpc) is 2.38. The fourth-order valence-electron chi connectivity index (χ4n) is 2.12. The van der Waals surface area contributed by atoms with Crippen LogP contribution < -0.4 is 5.32 Å². The Kier molecular flexibility index (Phi) is 10.4. The van der Waals surface area contributed by atoms with E-state index in [0.29, 0.717) is 19.4 Å². The van der Waals surface area contributed by atoms with Crippen LogP contribution in [-0.2, 0) is 15.1 Å². The van der Waals surface area contributed by atoms with Gasteiger partial charge in [-0.25, -0.2) is 4.79 Å². The van der Waals surface area contributed by atoms with Crippen LogP contribution in [0.25, 0.3) is 0 Å². The lowest BCUT2D eigenvalue weighted by molar-refractivity contribution is -0.141. The summed E-state index contributed by atoms with van der Waals surface area (Å²) in [6.45, 7) is 4.54. The Balaban J connectivity index is 4.59. The smallest absolute Gasteiger partial charge is 0.328 e. The molecule has 5 nitrogen and oxygen atoms in total. The van der Waals surface area contributed by atoms with Crippen LogP contribution in [0.15, 0.2) is 0 Å². The second kappa shape index (κ2) is 10.9. The van der Waals surface area contributed by atoms with Crippen molar-refractivity contribution in [2.24, 2.45) is 0 Å². The summed E-state index contributed by atoms with van der Waals surface area (Å²) in [6, 6.07) is 0. The number of carboxylic acids is 1. The van der Waals surface area contributed by atoms with Crippen molar-refractivity contribution in [2.75, 3.05) is 6.54 Å². The molecular weight excluding hydrogens is 278 g/mol. The van der Waals surface area contributed by atoms with Gasteiger partial charge < -0.3 is 5.11 Å². The van der Waals surface area contributed by atoms with Crippen molar-refractivity contribution < 1.29 is 18.3 Å². The third kappa shape index (κ3) is 7.65. The number of hydrogen-bond acceptors (Lipinski definition) is 4. The van der Waals surface area contributed by atoms with E-state index in [0.717, 1.165) is 31.1 Å². The molecule has 1 unspecified atom stereocenters. The summed E-state index contributed by atoms with van der Waals surface area (Å²) in [5.74, 6) is -1.12. The Morgan fingerprint density at radius 3 is 2.20 bits per heavy atom. The van der Waals surface area contributed by atoms with Gasteiger partial charge in [0.15, 0.2) is 0 Å². The van der Waals surface area contributed by atoms with Crippen molar-refractivity contribution in [3.63, 3.8) is 0 Å². The van der Waals surface area contributed by atoms with Gasteiger partial charge in [-0.05, 0) is 19.4 Å². The Bertz CT molecular complexity index is 397. The highest BCUT2D eigenvalue weighted by molar-refractivity contribution is 7.71. The van der Waals surface area contributed by atoms with Crippen molar-refractivity contribution in [1.82, 2.24) is 5.32 Å². The standard InChI is InChI=1S/C14H27NO4S/c1-3-5-6-7-8-9-10-14(13(16)17,12-20(18)19)15-11-4-2/h12,15H,3-11H2,1-2H3,(H,16,17). The molecule has 0 heterocycles. The van der Waals surface area contributed by atoms with Gasteiger partial charge in [0.1, 0.15) is 5.54 Å². The molecule has 1 atom stereocenters. The number of rotatable bonds is 12. The van der Waals surface area contributed by atoms with Gasteiger partial charge in [-0.2, -0.15) is 8.42 Å². The first-order valence-electron chi connectivity index (χ1n) is 7.41. The van der Waals surface area contributed by atoms with Crippen LogP contribution >= 0.6 is 0 Å². The van der Waals surface area contributed by atoms with Crippen molar-refractivity contribution in [3.05, 3.63) is 0 Å². The molecule has 0 bridgehead atoms. The van der Waals surface area contributed by atoms with Gasteiger partial charge in [-0.3, -0.25) is 5.32 Å². The van der Waals surface area contributed by atoms with E-state index in [4.69, 9.17) is 0 Å². The lowest BCUT2D eigenvalue weighted by Gasteiger charge is -2.25. The molecule has 0 saturated carbocycles. The summed E-state index contributed by atoms with van der Waals surface area (Å²) in [4.78, 5) is 11.5. The molecule has 0 spiro atoms. The summed E-state index contributed by atoms with van der Waals surface area (Å²) >= 11 is 0. The molecule has 118 valence electrons. The van der Waals surface area contributed by atoms with E-state index in [9.17, 15) is 18.3 Å². The molecule has 0 radical (unpaired) electrons. The zero-order valence-electron chi connectivity index (χ0n) is 12.5. The second-order valence-electron chi connectivity index (χ2n) is 5.10. The number of aliphatic carboxylic acids is 1. The molecule has 0 aliphatic rings. The lowest BCUT2D eigenvalue weighted by Crippen LogP contribution is -2.54. The predicted molar refractivity (Wildman–Crippen MR) is 81.6 cm³/mol. The highest BCUT2D eigenvalue weighted by Crippen LogP contribution is 2.16. The Hall–Kier alpha value is -0.880. The largest absolute Gasteiger partial charge is 0.480 e. The van der Waals surface area contributed by atoms with Crippen LogP contribution in [0.5, 0.6) is 0 Å². The Morgan fingerprint density at radius 1 is 1.10 bits per heavy atom. The van der Waals surface area contributed by atoms with Crippen LogP contribution in [0.1, 0.15) is 65.2 Å². The van der Waals surface area contributed by atoms with Crippen molar-refractivity contribution in [2.45, 2.75) is 70.8 Å². The molecule has 0 aromatic heterocycles. The lowest BCUT2D eigenvalue weighted by atomic mass is 9.93. The molecular formula is C14H27NO4S. The van der Waals surface area contributed by atoms with E-state index in [2.05, 4.69) is 12.2 Å². The molecule has 2 N–H and O–H groups in total. The second-order valence-corrected chi connectivity index (χ2v) is 5.86. The van der Waals surface area contributed by atoms with Crippen molar-refractivity contribution in [3.8, 4) is 0 Å². The first kappa shape index (κ1) is 19.1. The van der Waals surface area contributed by atoms with E-state index in [1.165, 1.54) is 12.8 Å². The van der Waals surface area contributed by atoms with E-state index >= 15 is 0 Å². The first-order chi connectivity index (χ1) is 9.48. The summed E-state index contributed by atoms with van der Waals surface area (Å²) in [5, 5.41) is 13.1. The Morgan fingerprint density at radius 2 is 1.70 bits per heavy atom. The molecule has 0 aromatic carbocycles. The first-order valence-corrected chi connectivity index (χ1v) is 8.54. The summed E-state index contributed by atoms with van der Waals surface area (Å²) < 4.78 is 21.8. The van der Waals surface area contributed by atoms with Crippen LogP contribution in [0.4, 0.5) is 0 Å². The average molecular weight is 305 g/mol. The van der Waals surface area contributed by atoms with E-state index < -0.39 is 21.8 Å². The van der Waals surface area contributed by atoms with Gasteiger partial charge in [0.25, 0.3) is 0 Å². The van der Waals surface area contributed by atoms with Gasteiger partial charge in [-0.1, -0.05) is 52.4 Å². The SMILES string of the molecule is CCCCCCCCC(C=S(=O)=O)(NCCC)C(=O)O. The Labute approximate surface area is 123 Å². The van der Waals surface area contributed by atoms with E-state index in [1.807, 2.05) is 6.92 Å². The molecule has 0 aliphatic carbocycles. The number of hydrogen-bond donors (Lipinski definition) is 2. The van der Waals surface area contributed by atoms with Crippen molar-refractivity contribution in [1.29, 1.82) is 0 Å². The van der Waals surface area contributed by atoms with E-state index in [-0.39, 0.29) is 0 Å². The third-order valence-corrected chi connectivity index (χ3v) is 3.89. The zero-order chi connectivity index (χ0) is 15.4. The van der Waals surface area contributed by atoms with Gasteiger partial charge in [0, 0.05) is 0 Å². The maximum Gasteiger partial charge on any atom is 0.328 e. The van der Waals surface area contributed by atoms with Gasteiger partial charge in [0.05, 0.1) is 5.37 Å². The molecule has 0 amide bonds. The van der Waals surface area contributed by atoms with Crippen molar-refractivity contribution >= 4 is 21.6 Å².